The van der Waals surface area contributed by atoms with Crippen LogP contribution >= 0.6 is 0 Å². The van der Waals surface area contributed by atoms with E-state index in [1.54, 1.807) is 0 Å². The Morgan fingerprint density at radius 1 is 1.31 bits per heavy atom. The van der Waals surface area contributed by atoms with Crippen molar-refractivity contribution in [2.24, 2.45) is 0 Å². The Balaban J connectivity index is 2.37. The fourth-order valence-corrected chi connectivity index (χ4v) is 2.21. The van der Waals surface area contributed by atoms with Gasteiger partial charge in [0.05, 0.1) is 12.6 Å². The first-order valence-corrected chi connectivity index (χ1v) is 5.49. The molecule has 2 heteroatoms. The Bertz CT molecular complexity index is 165. The van der Waals surface area contributed by atoms with Crippen LogP contribution in [0, 0.1) is 11.3 Å². The van der Waals surface area contributed by atoms with E-state index in [1.807, 2.05) is 0 Å². The molecule has 0 aromatic heterocycles. The summed E-state index contributed by atoms with van der Waals surface area (Å²) < 4.78 is 0. The van der Waals surface area contributed by atoms with Crippen molar-refractivity contribution in [2.45, 2.75) is 51.5 Å². The highest BCUT2D eigenvalue weighted by atomic mass is 15.1. The van der Waals surface area contributed by atoms with E-state index in [1.165, 1.54) is 32.1 Å². The van der Waals surface area contributed by atoms with Crippen molar-refractivity contribution in [3.05, 3.63) is 0 Å². The lowest BCUT2D eigenvalue weighted by Gasteiger charge is -2.32. The van der Waals surface area contributed by atoms with Crippen LogP contribution < -0.4 is 0 Å². The molecule has 0 bridgehead atoms. The molecular formula is C11H20N2. The van der Waals surface area contributed by atoms with Gasteiger partial charge in [0.1, 0.15) is 0 Å². The van der Waals surface area contributed by atoms with E-state index >= 15 is 0 Å². The van der Waals surface area contributed by atoms with Gasteiger partial charge in [-0.3, -0.25) is 4.90 Å². The minimum Gasteiger partial charge on any atom is -0.288 e. The van der Waals surface area contributed by atoms with Crippen molar-refractivity contribution in [3.63, 3.8) is 0 Å². The molecular weight excluding hydrogens is 160 g/mol. The molecule has 2 nitrogen and oxygen atoms in total. The molecule has 0 unspecified atom stereocenters. The third-order valence-corrected chi connectivity index (χ3v) is 2.88. The van der Waals surface area contributed by atoms with Crippen LogP contribution in [0.3, 0.4) is 0 Å². The molecule has 1 aliphatic rings. The molecule has 0 heterocycles. The molecule has 0 atom stereocenters. The summed E-state index contributed by atoms with van der Waals surface area (Å²) in [5.41, 5.74) is 0. The van der Waals surface area contributed by atoms with Gasteiger partial charge < -0.3 is 0 Å². The number of rotatable bonds is 4. The molecule has 0 aromatic rings. The van der Waals surface area contributed by atoms with Crippen LogP contribution in [0.25, 0.3) is 0 Å². The summed E-state index contributed by atoms with van der Waals surface area (Å²) in [6.45, 7) is 3.91. The zero-order chi connectivity index (χ0) is 9.52. The van der Waals surface area contributed by atoms with E-state index in [-0.39, 0.29) is 0 Å². The van der Waals surface area contributed by atoms with Crippen molar-refractivity contribution in [1.82, 2.24) is 4.90 Å². The fraction of sp³-hybridized carbons (Fsp3) is 0.909. The van der Waals surface area contributed by atoms with E-state index in [4.69, 9.17) is 5.26 Å². The van der Waals surface area contributed by atoms with Crippen LogP contribution in [0.5, 0.6) is 0 Å². The van der Waals surface area contributed by atoms with Gasteiger partial charge in [0.25, 0.3) is 0 Å². The summed E-state index contributed by atoms with van der Waals surface area (Å²) in [7, 11) is 0. The van der Waals surface area contributed by atoms with E-state index in [2.05, 4.69) is 17.9 Å². The van der Waals surface area contributed by atoms with Gasteiger partial charge in [0, 0.05) is 6.04 Å². The van der Waals surface area contributed by atoms with Gasteiger partial charge in [-0.25, -0.2) is 0 Å². The van der Waals surface area contributed by atoms with E-state index in [9.17, 15) is 0 Å². The molecule has 0 aromatic carbocycles. The van der Waals surface area contributed by atoms with Crippen molar-refractivity contribution in [1.29, 1.82) is 5.26 Å². The second kappa shape index (κ2) is 5.99. The van der Waals surface area contributed by atoms with Gasteiger partial charge in [-0.05, 0) is 25.8 Å². The maximum atomic E-state index is 8.70. The molecule has 1 rings (SSSR count). The zero-order valence-corrected chi connectivity index (χ0v) is 8.63. The minimum atomic E-state index is 0.624. The smallest absolute Gasteiger partial charge is 0.0868 e. The summed E-state index contributed by atoms with van der Waals surface area (Å²) >= 11 is 0. The Morgan fingerprint density at radius 2 is 2.00 bits per heavy atom. The number of nitrogens with zero attached hydrogens (tertiary/aromatic N) is 2. The van der Waals surface area contributed by atoms with Crippen molar-refractivity contribution in [2.75, 3.05) is 13.1 Å². The molecule has 1 fully saturated rings. The van der Waals surface area contributed by atoms with E-state index in [0.717, 1.165) is 13.0 Å². The molecule has 74 valence electrons. The average Bonchev–Trinajstić information content (AvgIpc) is 2.19. The van der Waals surface area contributed by atoms with Crippen LogP contribution in [0.1, 0.15) is 45.4 Å². The molecule has 0 aliphatic heterocycles. The highest BCUT2D eigenvalue weighted by molar-refractivity contribution is 4.83. The quantitative estimate of drug-likeness (QED) is 0.622. The molecule has 0 N–H and O–H groups in total. The minimum absolute atomic E-state index is 0.624. The lowest BCUT2D eigenvalue weighted by molar-refractivity contribution is 0.174. The number of nitriles is 1. The maximum absolute atomic E-state index is 8.70. The van der Waals surface area contributed by atoms with Crippen LogP contribution in [-0.4, -0.2) is 24.0 Å². The molecule has 13 heavy (non-hydrogen) atoms. The average molecular weight is 180 g/mol. The fourth-order valence-electron chi connectivity index (χ4n) is 2.21. The standard InChI is InChI=1S/C11H20N2/c1-2-9-13(10-8-12)11-6-4-3-5-7-11/h11H,2-7,9-10H2,1H3. The van der Waals surface area contributed by atoms with Crippen molar-refractivity contribution in [3.8, 4) is 6.07 Å². The highest BCUT2D eigenvalue weighted by Crippen LogP contribution is 2.22. The Hall–Kier alpha value is -0.550. The molecule has 0 spiro atoms. The molecule has 0 radical (unpaired) electrons. The predicted molar refractivity (Wildman–Crippen MR) is 54.4 cm³/mol. The van der Waals surface area contributed by atoms with Gasteiger partial charge in [-0.1, -0.05) is 26.2 Å². The summed E-state index contributed by atoms with van der Waals surface area (Å²) in [6, 6.07) is 2.98. The molecule has 0 amide bonds. The third-order valence-electron chi connectivity index (χ3n) is 2.88. The maximum Gasteiger partial charge on any atom is 0.0868 e. The second-order valence-electron chi connectivity index (χ2n) is 3.92. The van der Waals surface area contributed by atoms with Gasteiger partial charge >= 0.3 is 0 Å². The van der Waals surface area contributed by atoms with Crippen LogP contribution in [0.2, 0.25) is 0 Å². The largest absolute Gasteiger partial charge is 0.288 e. The SMILES string of the molecule is CCCN(CC#N)C1CCCCC1. The van der Waals surface area contributed by atoms with Gasteiger partial charge in [-0.2, -0.15) is 5.26 Å². The lowest BCUT2D eigenvalue weighted by Crippen LogP contribution is -2.37. The first-order valence-electron chi connectivity index (χ1n) is 5.49. The molecule has 1 aliphatic carbocycles. The summed E-state index contributed by atoms with van der Waals surface area (Å²) in [5, 5.41) is 8.70. The Labute approximate surface area is 81.5 Å². The molecule has 0 saturated heterocycles. The number of hydrogen-bond acceptors (Lipinski definition) is 2. The second-order valence-corrected chi connectivity index (χ2v) is 3.92. The van der Waals surface area contributed by atoms with Crippen LogP contribution in [0.4, 0.5) is 0 Å². The zero-order valence-electron chi connectivity index (χ0n) is 8.63. The van der Waals surface area contributed by atoms with Gasteiger partial charge in [-0.15, -0.1) is 0 Å². The van der Waals surface area contributed by atoms with Crippen molar-refractivity contribution >= 4 is 0 Å². The van der Waals surface area contributed by atoms with Crippen LogP contribution in [0.15, 0.2) is 0 Å². The van der Waals surface area contributed by atoms with E-state index < -0.39 is 0 Å². The topological polar surface area (TPSA) is 27.0 Å². The first kappa shape index (κ1) is 10.5. The normalized spacial score (nSPS) is 18.8. The monoisotopic (exact) mass is 180 g/mol. The highest BCUT2D eigenvalue weighted by Gasteiger charge is 2.19. The van der Waals surface area contributed by atoms with Gasteiger partial charge in [0.2, 0.25) is 0 Å². The number of hydrogen-bond donors (Lipinski definition) is 0. The van der Waals surface area contributed by atoms with Crippen LogP contribution in [-0.2, 0) is 0 Å². The Kier molecular flexibility index (Phi) is 4.85. The summed E-state index contributed by atoms with van der Waals surface area (Å²) in [6.07, 6.45) is 7.89. The van der Waals surface area contributed by atoms with Gasteiger partial charge in [0.15, 0.2) is 0 Å². The predicted octanol–water partition coefficient (Wildman–Crippen LogP) is 2.55. The summed E-state index contributed by atoms with van der Waals surface area (Å²) in [4.78, 5) is 2.36. The Morgan fingerprint density at radius 3 is 2.54 bits per heavy atom. The first-order chi connectivity index (χ1) is 6.38. The van der Waals surface area contributed by atoms with E-state index in [0.29, 0.717) is 12.6 Å². The third kappa shape index (κ3) is 3.36. The van der Waals surface area contributed by atoms with Crippen molar-refractivity contribution < 1.29 is 0 Å². The summed E-state index contributed by atoms with van der Waals surface area (Å²) in [5.74, 6) is 0. The lowest BCUT2D eigenvalue weighted by atomic mass is 9.94. The molecule has 1 saturated carbocycles.